The number of aryl methyl sites for hydroxylation is 2. The van der Waals surface area contributed by atoms with Gasteiger partial charge >= 0.3 is 0 Å². The van der Waals surface area contributed by atoms with Crippen LogP contribution in [0, 0.1) is 0 Å². The summed E-state index contributed by atoms with van der Waals surface area (Å²) < 4.78 is 0. The van der Waals surface area contributed by atoms with Crippen molar-refractivity contribution >= 4 is 45.0 Å². The fourth-order valence-electron chi connectivity index (χ4n) is 5.36. The van der Waals surface area contributed by atoms with E-state index >= 15 is 0 Å². The number of fused-ring (bicyclic) bond motifs is 3. The van der Waals surface area contributed by atoms with E-state index in [-0.39, 0.29) is 5.91 Å². The Labute approximate surface area is 218 Å². The third kappa shape index (κ3) is 5.67. The molecule has 0 spiro atoms. The number of anilines is 1. The number of H-pyrrole nitrogens is 1. The van der Waals surface area contributed by atoms with Crippen LogP contribution in [0.4, 0.5) is 5.69 Å². The fourth-order valence-corrected chi connectivity index (χ4v) is 5.53. The van der Waals surface area contributed by atoms with E-state index in [1.165, 1.54) is 40.7 Å². The molecule has 0 radical (unpaired) electrons. The number of halogens is 1. The van der Waals surface area contributed by atoms with Crippen LogP contribution in [0.5, 0.6) is 0 Å². The van der Waals surface area contributed by atoms with Gasteiger partial charge in [0, 0.05) is 57.9 Å². The Kier molecular flexibility index (Phi) is 7.76. The van der Waals surface area contributed by atoms with E-state index in [0.717, 1.165) is 66.5 Å². The molecule has 36 heavy (non-hydrogen) atoms. The molecular formula is C30H35ClN4O. The lowest BCUT2D eigenvalue weighted by Gasteiger charge is -2.24. The molecule has 0 fully saturated rings. The van der Waals surface area contributed by atoms with Crippen molar-refractivity contribution in [2.45, 2.75) is 70.8 Å². The Hall–Kier alpha value is -3.05. The Morgan fingerprint density at radius 1 is 1.11 bits per heavy atom. The van der Waals surface area contributed by atoms with Gasteiger partial charge in [0.2, 0.25) is 5.91 Å². The van der Waals surface area contributed by atoms with Crippen molar-refractivity contribution in [2.75, 3.05) is 11.9 Å². The highest BCUT2D eigenvalue weighted by Gasteiger charge is 2.19. The Morgan fingerprint density at radius 2 is 1.97 bits per heavy atom. The second kappa shape index (κ2) is 11.3. The average molecular weight is 503 g/mol. The lowest BCUT2D eigenvalue weighted by molar-refractivity contribution is -0.121. The highest BCUT2D eigenvalue weighted by Crippen LogP contribution is 2.35. The number of pyridine rings is 1. The molecule has 6 heteroatoms. The first-order valence-electron chi connectivity index (χ1n) is 13.3. The molecule has 1 atom stereocenters. The molecule has 0 aliphatic heterocycles. The Bertz CT molecular complexity index is 1360. The smallest absolute Gasteiger partial charge is 0.220 e. The predicted molar refractivity (Wildman–Crippen MR) is 150 cm³/mol. The van der Waals surface area contributed by atoms with E-state index in [1.807, 2.05) is 30.5 Å². The van der Waals surface area contributed by atoms with Crippen LogP contribution in [-0.4, -0.2) is 28.5 Å². The number of hydrogen-bond acceptors (Lipinski definition) is 3. The van der Waals surface area contributed by atoms with Gasteiger partial charge < -0.3 is 15.6 Å². The molecule has 1 aliphatic carbocycles. The summed E-state index contributed by atoms with van der Waals surface area (Å²) in [4.78, 5) is 20.6. The fraction of sp³-hybridized carbons (Fsp3) is 0.400. The van der Waals surface area contributed by atoms with E-state index < -0.39 is 0 Å². The highest BCUT2D eigenvalue weighted by atomic mass is 35.5. The molecule has 4 aromatic rings. The quantitative estimate of drug-likeness (QED) is 0.205. The first kappa shape index (κ1) is 24.6. The van der Waals surface area contributed by atoms with E-state index in [2.05, 4.69) is 40.7 Å². The highest BCUT2D eigenvalue weighted by molar-refractivity contribution is 6.31. The maximum atomic E-state index is 12.3. The molecule has 0 bridgehead atoms. The minimum Gasteiger partial charge on any atom is -0.382 e. The number of unbranched alkanes of at least 4 members (excludes halogenated alkanes) is 1. The van der Waals surface area contributed by atoms with E-state index in [4.69, 9.17) is 16.6 Å². The van der Waals surface area contributed by atoms with Crippen molar-refractivity contribution in [3.05, 3.63) is 70.5 Å². The number of benzene rings is 2. The molecule has 188 valence electrons. The molecule has 5 rings (SSSR count). The number of rotatable bonds is 10. The van der Waals surface area contributed by atoms with Crippen LogP contribution in [0.2, 0.25) is 5.02 Å². The van der Waals surface area contributed by atoms with E-state index in [1.54, 1.807) is 0 Å². The summed E-state index contributed by atoms with van der Waals surface area (Å²) in [6.45, 7) is 2.97. The standard InChI is InChI=1S/C30H35ClN4O/c1-20(34-30-24-10-3-5-12-27(24)35-28-18-22(31)14-15-25(28)30)8-6-7-17-32-29(36)16-13-21-19-33-26-11-4-2-9-23(21)26/h2,4,9,11,14-15,18-20,33H,3,5-8,10,12-13,16-17H2,1H3,(H,32,36)(H,34,35). The van der Waals surface area contributed by atoms with Gasteiger partial charge in [0.1, 0.15) is 0 Å². The van der Waals surface area contributed by atoms with Crippen LogP contribution >= 0.6 is 11.6 Å². The van der Waals surface area contributed by atoms with Crippen LogP contribution in [0.25, 0.3) is 21.8 Å². The molecule has 1 unspecified atom stereocenters. The number of nitrogens with one attached hydrogen (secondary N) is 3. The minimum absolute atomic E-state index is 0.125. The van der Waals surface area contributed by atoms with Crippen molar-refractivity contribution in [1.82, 2.24) is 15.3 Å². The monoisotopic (exact) mass is 502 g/mol. The first-order chi connectivity index (χ1) is 17.6. The number of para-hydroxylation sites is 1. The summed E-state index contributed by atoms with van der Waals surface area (Å²) >= 11 is 6.26. The summed E-state index contributed by atoms with van der Waals surface area (Å²) in [6, 6.07) is 14.6. The largest absolute Gasteiger partial charge is 0.382 e. The lowest BCUT2D eigenvalue weighted by Crippen LogP contribution is -2.25. The molecule has 1 amide bonds. The number of carbonyl (C=O) groups excluding carboxylic acids is 1. The normalized spacial score (nSPS) is 14.1. The average Bonchev–Trinajstić information content (AvgIpc) is 3.30. The van der Waals surface area contributed by atoms with Crippen molar-refractivity contribution in [1.29, 1.82) is 0 Å². The summed E-state index contributed by atoms with van der Waals surface area (Å²) in [5.74, 6) is 0.125. The van der Waals surface area contributed by atoms with Crippen LogP contribution in [-0.2, 0) is 24.1 Å². The number of amides is 1. The summed E-state index contributed by atoms with van der Waals surface area (Å²) in [5, 5.41) is 10.0. The third-order valence-corrected chi connectivity index (χ3v) is 7.53. The predicted octanol–water partition coefficient (Wildman–Crippen LogP) is 6.97. The van der Waals surface area contributed by atoms with E-state index in [9.17, 15) is 4.79 Å². The summed E-state index contributed by atoms with van der Waals surface area (Å²) in [7, 11) is 0. The zero-order chi connectivity index (χ0) is 24.9. The van der Waals surface area contributed by atoms with Gasteiger partial charge in [0.15, 0.2) is 0 Å². The number of carbonyl (C=O) groups is 1. The minimum atomic E-state index is 0.125. The summed E-state index contributed by atoms with van der Waals surface area (Å²) in [6.07, 6.45) is 10.9. The van der Waals surface area contributed by atoms with Gasteiger partial charge in [-0.1, -0.05) is 29.8 Å². The molecule has 2 aromatic carbocycles. The molecule has 0 saturated carbocycles. The van der Waals surface area contributed by atoms with Gasteiger partial charge in [-0.3, -0.25) is 9.78 Å². The second-order valence-corrected chi connectivity index (χ2v) is 10.5. The zero-order valence-corrected chi connectivity index (χ0v) is 21.8. The van der Waals surface area contributed by atoms with Crippen molar-refractivity contribution in [3.63, 3.8) is 0 Å². The van der Waals surface area contributed by atoms with Gasteiger partial charge in [-0.2, -0.15) is 0 Å². The van der Waals surface area contributed by atoms with Crippen molar-refractivity contribution in [3.8, 4) is 0 Å². The number of nitrogens with zero attached hydrogens (tertiary/aromatic N) is 1. The van der Waals surface area contributed by atoms with Crippen molar-refractivity contribution in [2.24, 2.45) is 0 Å². The molecular weight excluding hydrogens is 468 g/mol. The Balaban J connectivity index is 1.09. The third-order valence-electron chi connectivity index (χ3n) is 7.30. The molecule has 3 N–H and O–H groups in total. The van der Waals surface area contributed by atoms with Gasteiger partial charge in [0.05, 0.1) is 5.52 Å². The Morgan fingerprint density at radius 3 is 2.89 bits per heavy atom. The molecule has 2 aromatic heterocycles. The lowest BCUT2D eigenvalue weighted by atomic mass is 9.92. The second-order valence-electron chi connectivity index (χ2n) is 10.0. The van der Waals surface area contributed by atoms with Crippen LogP contribution in [0.3, 0.4) is 0 Å². The topological polar surface area (TPSA) is 69.8 Å². The number of aromatic nitrogens is 2. The first-order valence-corrected chi connectivity index (χ1v) is 13.7. The zero-order valence-electron chi connectivity index (χ0n) is 21.0. The molecule has 1 aliphatic rings. The maximum absolute atomic E-state index is 12.3. The van der Waals surface area contributed by atoms with Gasteiger partial charge in [-0.25, -0.2) is 0 Å². The summed E-state index contributed by atoms with van der Waals surface area (Å²) in [5.41, 5.74) is 7.15. The molecule has 5 nitrogen and oxygen atoms in total. The van der Waals surface area contributed by atoms with Crippen molar-refractivity contribution < 1.29 is 4.79 Å². The molecule has 2 heterocycles. The molecule has 0 saturated heterocycles. The van der Waals surface area contributed by atoms with Gasteiger partial charge in [-0.05, 0) is 93.7 Å². The van der Waals surface area contributed by atoms with Crippen LogP contribution in [0.1, 0.15) is 62.3 Å². The van der Waals surface area contributed by atoms with E-state index in [0.29, 0.717) is 12.5 Å². The van der Waals surface area contributed by atoms with Crippen LogP contribution in [0.15, 0.2) is 48.7 Å². The van der Waals surface area contributed by atoms with Gasteiger partial charge in [-0.15, -0.1) is 0 Å². The SMILES string of the molecule is CC(CCCCNC(=O)CCc1c[nH]c2ccccc12)Nc1c2c(nc3cc(Cl)ccc13)CCCC2. The number of hydrogen-bond donors (Lipinski definition) is 3. The number of aromatic amines is 1. The van der Waals surface area contributed by atoms with Gasteiger partial charge in [0.25, 0.3) is 0 Å². The maximum Gasteiger partial charge on any atom is 0.220 e. The van der Waals surface area contributed by atoms with Crippen LogP contribution < -0.4 is 10.6 Å².